The van der Waals surface area contributed by atoms with Crippen molar-refractivity contribution in [3.05, 3.63) is 77.1 Å². The fourth-order valence-electron chi connectivity index (χ4n) is 4.74. The van der Waals surface area contributed by atoms with E-state index >= 15 is 0 Å². The number of hydrogen-bond acceptors (Lipinski definition) is 4. The summed E-state index contributed by atoms with van der Waals surface area (Å²) >= 11 is 0. The molecule has 0 spiro atoms. The first-order chi connectivity index (χ1) is 14.5. The van der Waals surface area contributed by atoms with Crippen molar-refractivity contribution < 1.29 is 9.18 Å². The minimum Gasteiger partial charge on any atom is -0.319 e. The largest absolute Gasteiger partial charge is 0.319 e. The van der Waals surface area contributed by atoms with Gasteiger partial charge in [-0.25, -0.2) is 4.39 Å². The predicted molar refractivity (Wildman–Crippen MR) is 112 cm³/mol. The van der Waals surface area contributed by atoms with Crippen molar-refractivity contribution in [1.82, 2.24) is 19.7 Å². The second kappa shape index (κ2) is 7.65. The van der Waals surface area contributed by atoms with Crippen molar-refractivity contribution >= 4 is 11.6 Å². The minimum atomic E-state index is -0.390. The van der Waals surface area contributed by atoms with Crippen LogP contribution >= 0.6 is 0 Å². The molecule has 2 atom stereocenters. The number of aromatic nitrogens is 3. The van der Waals surface area contributed by atoms with Crippen molar-refractivity contribution in [2.75, 3.05) is 18.4 Å². The quantitative estimate of drug-likeness (QED) is 0.724. The molecule has 2 aliphatic rings. The van der Waals surface area contributed by atoms with E-state index < -0.39 is 5.82 Å². The average molecular weight is 405 g/mol. The summed E-state index contributed by atoms with van der Waals surface area (Å²) in [6.07, 6.45) is 0.829. The topological polar surface area (TPSA) is 63.1 Å². The molecule has 3 aromatic rings. The van der Waals surface area contributed by atoms with Crippen LogP contribution in [0.4, 0.5) is 10.1 Å². The van der Waals surface area contributed by atoms with Gasteiger partial charge in [0.25, 0.3) is 5.91 Å². The molecule has 1 fully saturated rings. The number of nitrogens with zero attached hydrogens (tertiary/aromatic N) is 4. The summed E-state index contributed by atoms with van der Waals surface area (Å²) < 4.78 is 15.3. The van der Waals surface area contributed by atoms with Gasteiger partial charge >= 0.3 is 0 Å². The molecular weight excluding hydrogens is 381 g/mol. The lowest BCUT2D eigenvalue weighted by Crippen LogP contribution is -2.31. The summed E-state index contributed by atoms with van der Waals surface area (Å²) in [6.45, 7) is 5.85. The van der Waals surface area contributed by atoms with Gasteiger partial charge in [-0.05, 0) is 42.5 Å². The highest BCUT2D eigenvalue weighted by molar-refractivity contribution is 6.01. The number of hydrogen-bond donors (Lipinski definition) is 1. The number of anilines is 1. The predicted octanol–water partition coefficient (Wildman–Crippen LogP) is 3.28. The number of carbonyl (C=O) groups is 1. The number of amides is 1. The summed E-state index contributed by atoms with van der Waals surface area (Å²) in [5.41, 5.74) is 3.03. The molecule has 1 saturated heterocycles. The summed E-state index contributed by atoms with van der Waals surface area (Å²) in [7, 11) is 0. The molecule has 30 heavy (non-hydrogen) atoms. The molecule has 154 valence electrons. The van der Waals surface area contributed by atoms with E-state index in [-0.39, 0.29) is 5.91 Å². The van der Waals surface area contributed by atoms with E-state index in [4.69, 9.17) is 0 Å². The van der Waals surface area contributed by atoms with Crippen molar-refractivity contribution in [3.8, 4) is 0 Å². The van der Waals surface area contributed by atoms with E-state index in [2.05, 4.69) is 51.6 Å². The molecular formula is C23H24FN5O. The molecule has 0 radical (unpaired) electrons. The first-order valence-corrected chi connectivity index (χ1v) is 10.3. The molecule has 1 aromatic heterocycles. The molecule has 1 N–H and O–H groups in total. The van der Waals surface area contributed by atoms with E-state index in [0.29, 0.717) is 23.3 Å². The Balaban J connectivity index is 1.28. The van der Waals surface area contributed by atoms with Crippen molar-refractivity contribution in [2.24, 2.45) is 11.8 Å². The molecule has 6 nitrogen and oxygen atoms in total. The van der Waals surface area contributed by atoms with Crippen LogP contribution in [-0.4, -0.2) is 38.7 Å². The number of fused-ring (bicyclic) bond motifs is 2. The lowest BCUT2D eigenvalue weighted by molar-refractivity contribution is 0.100. The first-order valence-electron chi connectivity index (χ1n) is 10.3. The average Bonchev–Trinajstić information content (AvgIpc) is 3.28. The van der Waals surface area contributed by atoms with Crippen molar-refractivity contribution in [3.63, 3.8) is 0 Å². The van der Waals surface area contributed by atoms with Gasteiger partial charge in [-0.3, -0.25) is 9.69 Å². The second-order valence-corrected chi connectivity index (χ2v) is 8.42. The van der Waals surface area contributed by atoms with Crippen LogP contribution in [0.15, 0.2) is 48.5 Å². The summed E-state index contributed by atoms with van der Waals surface area (Å²) in [6, 6.07) is 14.5. The van der Waals surface area contributed by atoms with Gasteiger partial charge in [0.15, 0.2) is 0 Å². The summed E-state index contributed by atoms with van der Waals surface area (Å²) in [4.78, 5) is 15.2. The van der Waals surface area contributed by atoms with Crippen LogP contribution in [0.2, 0.25) is 0 Å². The molecule has 7 heteroatoms. The number of carbonyl (C=O) groups excluding carboxylic acids is 1. The van der Waals surface area contributed by atoms with E-state index in [0.717, 1.165) is 38.4 Å². The van der Waals surface area contributed by atoms with E-state index in [1.54, 1.807) is 12.1 Å². The Morgan fingerprint density at radius 3 is 2.77 bits per heavy atom. The third kappa shape index (κ3) is 3.73. The fraction of sp³-hybridized carbons (Fsp3) is 0.348. The Morgan fingerprint density at radius 1 is 1.10 bits per heavy atom. The molecule has 0 saturated carbocycles. The van der Waals surface area contributed by atoms with Crippen LogP contribution in [0.25, 0.3) is 0 Å². The Hall–Kier alpha value is -3.06. The van der Waals surface area contributed by atoms with Gasteiger partial charge < -0.3 is 9.88 Å². The number of nitrogens with one attached hydrogen (secondary N) is 1. The number of rotatable bonds is 4. The van der Waals surface area contributed by atoms with E-state index in [1.807, 2.05) is 4.57 Å². The number of aryl methyl sites for hydroxylation is 1. The number of halogens is 1. The zero-order valence-corrected chi connectivity index (χ0v) is 16.9. The van der Waals surface area contributed by atoms with Crippen LogP contribution < -0.4 is 5.32 Å². The van der Waals surface area contributed by atoms with E-state index in [1.165, 1.54) is 23.3 Å². The molecule has 1 amide bonds. The standard InChI is InChI=1S/C23H24FN5O/c1-15-4-2-5-16(8-15)11-28-12-17-9-21-26-27-22(29(21)14-18(17)13-28)23(30)25-20-7-3-6-19(24)10-20/h2-8,10,17-18H,9,11-14H2,1H3,(H,25,30). The maximum absolute atomic E-state index is 13.4. The minimum absolute atomic E-state index is 0.296. The molecule has 2 unspecified atom stereocenters. The summed E-state index contributed by atoms with van der Waals surface area (Å²) in [5, 5.41) is 11.1. The zero-order chi connectivity index (χ0) is 20.7. The lowest BCUT2D eigenvalue weighted by atomic mass is 9.89. The van der Waals surface area contributed by atoms with Gasteiger partial charge in [0.05, 0.1) is 0 Å². The Kier molecular flexibility index (Phi) is 4.83. The zero-order valence-electron chi connectivity index (χ0n) is 16.9. The highest BCUT2D eigenvalue weighted by Gasteiger charge is 2.39. The highest BCUT2D eigenvalue weighted by atomic mass is 19.1. The lowest BCUT2D eigenvalue weighted by Gasteiger charge is -2.25. The van der Waals surface area contributed by atoms with Crippen LogP contribution in [-0.2, 0) is 19.5 Å². The number of benzene rings is 2. The van der Waals surface area contributed by atoms with E-state index in [9.17, 15) is 9.18 Å². The monoisotopic (exact) mass is 405 g/mol. The van der Waals surface area contributed by atoms with Gasteiger partial charge in [0.1, 0.15) is 11.6 Å². The third-order valence-electron chi connectivity index (χ3n) is 6.12. The van der Waals surface area contributed by atoms with Crippen LogP contribution in [0.5, 0.6) is 0 Å². The molecule has 0 aliphatic carbocycles. The maximum Gasteiger partial charge on any atom is 0.293 e. The smallest absolute Gasteiger partial charge is 0.293 e. The van der Waals surface area contributed by atoms with Gasteiger partial charge in [-0.2, -0.15) is 0 Å². The third-order valence-corrected chi connectivity index (χ3v) is 6.12. The van der Waals surface area contributed by atoms with Gasteiger partial charge in [0, 0.05) is 38.3 Å². The normalized spacial score (nSPS) is 20.6. The molecule has 0 bridgehead atoms. The van der Waals surface area contributed by atoms with Gasteiger partial charge in [-0.15, -0.1) is 10.2 Å². The number of likely N-dealkylation sites (tertiary alicyclic amines) is 1. The Morgan fingerprint density at radius 2 is 1.93 bits per heavy atom. The summed E-state index contributed by atoms with van der Waals surface area (Å²) in [5.74, 6) is 1.42. The molecule has 2 aromatic carbocycles. The second-order valence-electron chi connectivity index (χ2n) is 8.42. The van der Waals surface area contributed by atoms with Crippen LogP contribution in [0.3, 0.4) is 0 Å². The highest BCUT2D eigenvalue weighted by Crippen LogP contribution is 2.33. The van der Waals surface area contributed by atoms with Gasteiger partial charge in [0.2, 0.25) is 5.82 Å². The maximum atomic E-state index is 13.4. The Labute approximate surface area is 174 Å². The van der Waals surface area contributed by atoms with Crippen LogP contribution in [0.1, 0.15) is 27.6 Å². The SMILES string of the molecule is Cc1cccc(CN2CC3Cc4nnc(C(=O)Nc5cccc(F)c5)n4CC3C2)c1. The molecule has 3 heterocycles. The van der Waals surface area contributed by atoms with Crippen LogP contribution in [0, 0.1) is 24.6 Å². The van der Waals surface area contributed by atoms with Crippen molar-refractivity contribution in [2.45, 2.75) is 26.4 Å². The Bertz CT molecular complexity index is 1090. The molecule has 2 aliphatic heterocycles. The first kappa shape index (κ1) is 18.9. The van der Waals surface area contributed by atoms with Gasteiger partial charge in [-0.1, -0.05) is 35.9 Å². The van der Waals surface area contributed by atoms with Crippen molar-refractivity contribution in [1.29, 1.82) is 0 Å². The fourth-order valence-corrected chi connectivity index (χ4v) is 4.74. The molecule has 5 rings (SSSR count).